The van der Waals surface area contributed by atoms with E-state index in [-0.39, 0.29) is 49.1 Å². The zero-order chi connectivity index (χ0) is 21.5. The van der Waals surface area contributed by atoms with E-state index in [9.17, 15) is 4.79 Å². The molecule has 1 fully saturated rings. The smallest absolute Gasteiger partial charge is 0.311 e. The number of hydrogen-bond donors (Lipinski definition) is 0. The van der Waals surface area contributed by atoms with Crippen LogP contribution in [0.25, 0.3) is 0 Å². The molecule has 28 heavy (non-hydrogen) atoms. The summed E-state index contributed by atoms with van der Waals surface area (Å²) in [5.41, 5.74) is -0.494. The van der Waals surface area contributed by atoms with Crippen molar-refractivity contribution in [3.8, 4) is 0 Å². The van der Waals surface area contributed by atoms with E-state index in [0.717, 1.165) is 12.8 Å². The molecule has 0 radical (unpaired) electrons. The lowest BCUT2D eigenvalue weighted by molar-refractivity contribution is -0.226. The third-order valence-corrected chi connectivity index (χ3v) is 4.98. The molecule has 0 heterocycles. The molecule has 1 rings (SSSR count). The van der Waals surface area contributed by atoms with E-state index >= 15 is 0 Å². The Bertz CT molecular complexity index is 436. The average Bonchev–Trinajstić information content (AvgIpc) is 2.52. The number of ether oxygens (including phenoxy) is 5. The molecular weight excluding hydrogens is 360 g/mol. The number of hydrogen-bond acceptors (Lipinski definition) is 6. The maximum absolute atomic E-state index is 12.6. The molecule has 1 aliphatic rings. The topological polar surface area (TPSA) is 63.2 Å². The molecule has 0 N–H and O–H groups in total. The number of rotatable bonds is 11. The fourth-order valence-corrected chi connectivity index (χ4v) is 3.31. The van der Waals surface area contributed by atoms with Crippen molar-refractivity contribution in [3.05, 3.63) is 0 Å². The maximum Gasteiger partial charge on any atom is 0.311 e. The first-order chi connectivity index (χ1) is 12.9. The molecule has 0 amide bonds. The van der Waals surface area contributed by atoms with Crippen LogP contribution < -0.4 is 0 Å². The quantitative estimate of drug-likeness (QED) is 0.364. The second-order valence-electron chi connectivity index (χ2n) is 8.99. The highest BCUT2D eigenvalue weighted by Crippen LogP contribution is 2.31. The van der Waals surface area contributed by atoms with E-state index in [1.807, 2.05) is 62.3 Å². The van der Waals surface area contributed by atoms with Crippen molar-refractivity contribution in [1.82, 2.24) is 0 Å². The van der Waals surface area contributed by atoms with Crippen molar-refractivity contribution in [2.75, 3.05) is 0 Å². The Hall–Kier alpha value is -0.690. The van der Waals surface area contributed by atoms with Crippen LogP contribution in [0.4, 0.5) is 0 Å². The molecule has 0 aliphatic heterocycles. The summed E-state index contributed by atoms with van der Waals surface area (Å²) in [6.07, 6.45) is 1.86. The third-order valence-electron chi connectivity index (χ3n) is 4.98. The van der Waals surface area contributed by atoms with E-state index in [1.54, 1.807) is 0 Å². The van der Waals surface area contributed by atoms with Crippen LogP contribution in [0.3, 0.4) is 0 Å². The van der Waals surface area contributed by atoms with Crippen LogP contribution in [0.2, 0.25) is 0 Å². The zero-order valence-corrected chi connectivity index (χ0v) is 19.3. The second-order valence-corrected chi connectivity index (χ2v) is 8.99. The SMILES string of the molecule is CCC(C)(C)C(=O)OC1CC(OC(C)OC(C)C)CC(OC(C)OC(C)C)C1. The maximum atomic E-state index is 12.6. The lowest BCUT2D eigenvalue weighted by atomic mass is 9.89. The van der Waals surface area contributed by atoms with Gasteiger partial charge in [0, 0.05) is 19.3 Å². The fourth-order valence-electron chi connectivity index (χ4n) is 3.31. The first kappa shape index (κ1) is 25.3. The highest BCUT2D eigenvalue weighted by Gasteiger charge is 2.37. The van der Waals surface area contributed by atoms with Crippen LogP contribution in [-0.4, -0.2) is 49.1 Å². The highest BCUT2D eigenvalue weighted by atomic mass is 16.7. The summed E-state index contributed by atoms with van der Waals surface area (Å²) in [5, 5.41) is 0. The predicted molar refractivity (Wildman–Crippen MR) is 109 cm³/mol. The normalized spacial score (nSPS) is 25.8. The third kappa shape index (κ3) is 9.21. The number of carbonyl (C=O) groups is 1. The molecule has 0 bridgehead atoms. The Kier molecular flexibility index (Phi) is 10.4. The molecule has 0 aromatic carbocycles. The van der Waals surface area contributed by atoms with Gasteiger partial charge >= 0.3 is 5.97 Å². The van der Waals surface area contributed by atoms with Gasteiger partial charge in [-0.1, -0.05) is 6.92 Å². The van der Waals surface area contributed by atoms with Crippen LogP contribution in [0, 0.1) is 5.41 Å². The number of carbonyl (C=O) groups excluding carboxylic acids is 1. The van der Waals surface area contributed by atoms with Gasteiger partial charge in [0.2, 0.25) is 0 Å². The van der Waals surface area contributed by atoms with Gasteiger partial charge in [-0.25, -0.2) is 0 Å². The van der Waals surface area contributed by atoms with E-state index in [1.165, 1.54) is 0 Å². The average molecular weight is 403 g/mol. The molecule has 1 aliphatic carbocycles. The summed E-state index contributed by atoms with van der Waals surface area (Å²) in [7, 11) is 0. The summed E-state index contributed by atoms with van der Waals surface area (Å²) < 4.78 is 29.4. The van der Waals surface area contributed by atoms with E-state index in [2.05, 4.69) is 0 Å². The zero-order valence-electron chi connectivity index (χ0n) is 19.3. The molecule has 0 spiro atoms. The van der Waals surface area contributed by atoms with Gasteiger partial charge in [0.1, 0.15) is 6.10 Å². The van der Waals surface area contributed by atoms with E-state index < -0.39 is 5.41 Å². The second kappa shape index (κ2) is 11.5. The van der Waals surface area contributed by atoms with Gasteiger partial charge in [0.25, 0.3) is 0 Å². The van der Waals surface area contributed by atoms with Crippen molar-refractivity contribution in [2.24, 2.45) is 5.41 Å². The van der Waals surface area contributed by atoms with Crippen molar-refractivity contribution >= 4 is 5.97 Å². The predicted octanol–water partition coefficient (Wildman–Crippen LogP) is 4.83. The Morgan fingerprint density at radius 3 is 1.57 bits per heavy atom. The van der Waals surface area contributed by atoms with Crippen LogP contribution in [-0.2, 0) is 28.5 Å². The van der Waals surface area contributed by atoms with Crippen LogP contribution in [0.15, 0.2) is 0 Å². The van der Waals surface area contributed by atoms with Gasteiger partial charge in [0.15, 0.2) is 12.6 Å². The minimum atomic E-state index is -0.494. The number of esters is 1. The Morgan fingerprint density at radius 1 is 0.821 bits per heavy atom. The first-order valence-electron chi connectivity index (χ1n) is 10.8. The van der Waals surface area contributed by atoms with E-state index in [0.29, 0.717) is 12.8 Å². The lowest BCUT2D eigenvalue weighted by Crippen LogP contribution is -2.42. The van der Waals surface area contributed by atoms with Gasteiger partial charge in [-0.3, -0.25) is 4.79 Å². The van der Waals surface area contributed by atoms with Gasteiger partial charge in [-0.15, -0.1) is 0 Å². The van der Waals surface area contributed by atoms with Gasteiger partial charge in [-0.2, -0.15) is 0 Å². The Balaban J connectivity index is 2.77. The summed E-state index contributed by atoms with van der Waals surface area (Å²) in [6, 6.07) is 0. The molecule has 0 aromatic rings. The van der Waals surface area contributed by atoms with Crippen molar-refractivity contribution in [1.29, 1.82) is 0 Å². The summed E-state index contributed by atoms with van der Waals surface area (Å²) in [5.74, 6) is -0.169. The summed E-state index contributed by atoms with van der Waals surface area (Å²) >= 11 is 0. The Labute approximate surface area is 171 Å². The Morgan fingerprint density at radius 2 is 1.21 bits per heavy atom. The molecule has 6 heteroatoms. The molecule has 166 valence electrons. The molecule has 4 atom stereocenters. The largest absolute Gasteiger partial charge is 0.462 e. The standard InChI is InChI=1S/C22H42O6/c1-10-22(8,9)21(23)28-20-12-18(26-16(6)24-14(2)3)11-19(13-20)27-17(7)25-15(4)5/h14-20H,10-13H2,1-9H3. The molecule has 6 nitrogen and oxygen atoms in total. The minimum Gasteiger partial charge on any atom is -0.462 e. The van der Waals surface area contributed by atoms with Crippen molar-refractivity contribution in [3.63, 3.8) is 0 Å². The fraction of sp³-hybridized carbons (Fsp3) is 0.955. The van der Waals surface area contributed by atoms with Gasteiger partial charge in [0.05, 0.1) is 29.8 Å². The molecule has 4 unspecified atom stereocenters. The monoisotopic (exact) mass is 402 g/mol. The molecule has 0 aromatic heterocycles. The molecule has 1 saturated carbocycles. The van der Waals surface area contributed by atoms with Gasteiger partial charge < -0.3 is 23.7 Å². The summed E-state index contributed by atoms with van der Waals surface area (Å²) in [4.78, 5) is 12.6. The van der Waals surface area contributed by atoms with Crippen molar-refractivity contribution < 1.29 is 28.5 Å². The summed E-state index contributed by atoms with van der Waals surface area (Å²) in [6.45, 7) is 17.5. The van der Waals surface area contributed by atoms with Crippen LogP contribution in [0.5, 0.6) is 0 Å². The van der Waals surface area contributed by atoms with Crippen LogP contribution >= 0.6 is 0 Å². The molecular formula is C22H42O6. The van der Waals surface area contributed by atoms with Crippen LogP contribution in [0.1, 0.15) is 88.0 Å². The van der Waals surface area contributed by atoms with E-state index in [4.69, 9.17) is 23.7 Å². The molecule has 0 saturated heterocycles. The van der Waals surface area contributed by atoms with Gasteiger partial charge in [-0.05, 0) is 61.8 Å². The minimum absolute atomic E-state index is 0.0871. The van der Waals surface area contributed by atoms with Crippen molar-refractivity contribution in [2.45, 2.75) is 131 Å². The first-order valence-corrected chi connectivity index (χ1v) is 10.8. The lowest BCUT2D eigenvalue weighted by Gasteiger charge is -2.37. The highest BCUT2D eigenvalue weighted by molar-refractivity contribution is 5.76.